The molecular formula is C34H44F3N5O4. The standard InChI is InChI=1S/C30H32F3N5O4.2C2H6/c1-20-18-28(37-27(35-20)19-38-14-16-41-17-15-38)42-26-11-10-25(23-6-4-5-7-24(23)26)36-29(39)34-13-12-22(30(31,32)33)9-8-21(2)40-3;2*1-2/h4-12,18H,2,13-17,19H2,1,3H3,(H2,34,36,39);2*1-2H3/b9-8-,22-12+;;. The first-order chi connectivity index (χ1) is 22.1. The highest BCUT2D eigenvalue weighted by Gasteiger charge is 2.31. The first kappa shape index (κ1) is 37.8. The normalized spacial score (nSPS) is 13.6. The van der Waals surface area contributed by atoms with Crippen molar-refractivity contribution in [1.29, 1.82) is 0 Å². The minimum atomic E-state index is -4.61. The lowest BCUT2D eigenvalue weighted by atomic mass is 10.1. The van der Waals surface area contributed by atoms with E-state index >= 15 is 0 Å². The van der Waals surface area contributed by atoms with E-state index in [0.29, 0.717) is 53.7 Å². The lowest BCUT2D eigenvalue weighted by molar-refractivity contribution is -0.0884. The average Bonchev–Trinajstić information content (AvgIpc) is 3.05. The minimum absolute atomic E-state index is 0.0680. The lowest BCUT2D eigenvalue weighted by Gasteiger charge is -2.25. The van der Waals surface area contributed by atoms with Gasteiger partial charge in [0.15, 0.2) is 0 Å². The van der Waals surface area contributed by atoms with Gasteiger partial charge in [-0.3, -0.25) is 4.90 Å². The summed E-state index contributed by atoms with van der Waals surface area (Å²) in [6, 6.07) is 11.7. The van der Waals surface area contributed by atoms with Gasteiger partial charge in [-0.2, -0.15) is 18.2 Å². The molecule has 2 N–H and O–H groups in total. The number of nitrogens with zero attached hydrogens (tertiary/aromatic N) is 3. The van der Waals surface area contributed by atoms with Crippen molar-refractivity contribution in [2.45, 2.75) is 47.3 Å². The minimum Gasteiger partial charge on any atom is -0.497 e. The molecule has 3 aromatic rings. The topological polar surface area (TPSA) is 97.8 Å². The molecule has 1 aliphatic heterocycles. The summed E-state index contributed by atoms with van der Waals surface area (Å²) in [6.07, 6.45) is -1.81. The van der Waals surface area contributed by atoms with Gasteiger partial charge in [-0.1, -0.05) is 64.6 Å². The molecule has 250 valence electrons. The first-order valence-corrected chi connectivity index (χ1v) is 15.2. The number of alkyl halides is 3. The summed E-state index contributed by atoms with van der Waals surface area (Å²) in [5, 5.41) is 6.52. The van der Waals surface area contributed by atoms with Crippen LogP contribution in [-0.4, -0.2) is 67.0 Å². The Morgan fingerprint density at radius 3 is 2.37 bits per heavy atom. The fraction of sp³-hybridized carbons (Fsp3) is 0.382. The zero-order chi connectivity index (χ0) is 34.1. The van der Waals surface area contributed by atoms with Crippen molar-refractivity contribution < 1.29 is 32.2 Å². The van der Waals surface area contributed by atoms with Crippen molar-refractivity contribution in [3.8, 4) is 11.6 Å². The predicted octanol–water partition coefficient (Wildman–Crippen LogP) is 7.94. The van der Waals surface area contributed by atoms with Crippen LogP contribution in [0.15, 0.2) is 78.6 Å². The Morgan fingerprint density at radius 2 is 1.72 bits per heavy atom. The van der Waals surface area contributed by atoms with Crippen molar-refractivity contribution in [3.63, 3.8) is 0 Å². The molecule has 1 aliphatic rings. The molecule has 0 aliphatic carbocycles. The van der Waals surface area contributed by atoms with E-state index in [-0.39, 0.29) is 12.3 Å². The molecule has 1 fully saturated rings. The van der Waals surface area contributed by atoms with Crippen LogP contribution in [0.4, 0.5) is 23.7 Å². The van der Waals surface area contributed by atoms with E-state index in [1.807, 2.05) is 58.9 Å². The summed E-state index contributed by atoms with van der Waals surface area (Å²) in [5.41, 5.74) is 0.282. The molecule has 0 bridgehead atoms. The molecule has 2 heterocycles. The zero-order valence-electron chi connectivity index (χ0n) is 27.3. The Morgan fingerprint density at radius 1 is 1.04 bits per heavy atom. The number of aromatic nitrogens is 2. The van der Waals surface area contributed by atoms with Crippen LogP contribution in [0.5, 0.6) is 11.6 Å². The first-order valence-electron chi connectivity index (χ1n) is 15.2. The number of methoxy groups -OCH3 is 1. The third kappa shape index (κ3) is 11.8. The van der Waals surface area contributed by atoms with Crippen molar-refractivity contribution in [2.75, 3.05) is 45.3 Å². The number of carbonyl (C=O) groups excluding carboxylic acids is 1. The fourth-order valence-corrected chi connectivity index (χ4v) is 4.21. The average molecular weight is 644 g/mol. The summed E-state index contributed by atoms with van der Waals surface area (Å²) in [5.74, 6) is 1.63. The number of aryl methyl sites for hydroxylation is 1. The number of hydrogen-bond acceptors (Lipinski definition) is 7. The lowest BCUT2D eigenvalue weighted by Crippen LogP contribution is -2.36. The molecule has 12 heteroatoms. The number of fused-ring (bicyclic) bond motifs is 1. The summed E-state index contributed by atoms with van der Waals surface area (Å²) in [7, 11) is 1.30. The molecule has 1 aromatic heterocycles. The number of ether oxygens (including phenoxy) is 3. The van der Waals surface area contributed by atoms with E-state index in [2.05, 4.69) is 32.1 Å². The number of nitrogens with one attached hydrogen (secondary N) is 2. The maximum absolute atomic E-state index is 13.3. The number of allylic oxidation sites excluding steroid dienone is 3. The quantitative estimate of drug-likeness (QED) is 0.171. The van der Waals surface area contributed by atoms with E-state index < -0.39 is 17.8 Å². The Kier molecular flexibility index (Phi) is 15.7. The number of benzene rings is 2. The fourth-order valence-electron chi connectivity index (χ4n) is 4.21. The Labute approximate surface area is 269 Å². The summed E-state index contributed by atoms with van der Waals surface area (Å²) < 4.78 is 56.3. The van der Waals surface area contributed by atoms with Crippen molar-refractivity contribution >= 4 is 22.5 Å². The molecule has 4 rings (SSSR count). The second-order valence-corrected chi connectivity index (χ2v) is 9.41. The highest BCUT2D eigenvalue weighted by atomic mass is 19.4. The third-order valence-electron chi connectivity index (χ3n) is 6.32. The second kappa shape index (κ2) is 19.2. The van der Waals surface area contributed by atoms with Gasteiger partial charge in [-0.05, 0) is 31.2 Å². The smallest absolute Gasteiger partial charge is 0.416 e. The molecule has 0 spiro atoms. The zero-order valence-corrected chi connectivity index (χ0v) is 27.3. The molecule has 9 nitrogen and oxygen atoms in total. The predicted molar refractivity (Wildman–Crippen MR) is 176 cm³/mol. The van der Waals surface area contributed by atoms with Crippen molar-refractivity contribution in [1.82, 2.24) is 20.2 Å². The van der Waals surface area contributed by atoms with E-state index in [4.69, 9.17) is 14.2 Å². The largest absolute Gasteiger partial charge is 0.497 e. The number of amides is 2. The van der Waals surface area contributed by atoms with Gasteiger partial charge in [0.05, 0.1) is 38.1 Å². The van der Waals surface area contributed by atoms with Gasteiger partial charge in [-0.15, -0.1) is 0 Å². The molecule has 2 amide bonds. The van der Waals surface area contributed by atoms with E-state index in [9.17, 15) is 18.0 Å². The van der Waals surface area contributed by atoms with Crippen LogP contribution in [0.1, 0.15) is 39.2 Å². The maximum Gasteiger partial charge on any atom is 0.416 e. The number of anilines is 1. The summed E-state index contributed by atoms with van der Waals surface area (Å²) >= 11 is 0. The van der Waals surface area contributed by atoms with Crippen molar-refractivity contribution in [2.24, 2.45) is 0 Å². The van der Waals surface area contributed by atoms with Gasteiger partial charge in [-0.25, -0.2) is 9.78 Å². The van der Waals surface area contributed by atoms with Gasteiger partial charge in [0.2, 0.25) is 5.88 Å². The molecule has 0 radical (unpaired) electrons. The molecule has 1 saturated heterocycles. The molecule has 46 heavy (non-hydrogen) atoms. The Hall–Kier alpha value is -4.42. The molecule has 0 atom stereocenters. The number of rotatable bonds is 10. The van der Waals surface area contributed by atoms with E-state index in [1.54, 1.807) is 18.2 Å². The number of carbonyl (C=O) groups is 1. The summed E-state index contributed by atoms with van der Waals surface area (Å²) in [4.78, 5) is 23.9. The van der Waals surface area contributed by atoms with Crippen LogP contribution in [0.2, 0.25) is 0 Å². The van der Waals surface area contributed by atoms with Gasteiger partial charge in [0.25, 0.3) is 0 Å². The Balaban J connectivity index is 0.00000177. The van der Waals surface area contributed by atoms with Crippen LogP contribution < -0.4 is 15.4 Å². The number of morpholine rings is 1. The van der Waals surface area contributed by atoms with Gasteiger partial charge in [0.1, 0.15) is 17.3 Å². The van der Waals surface area contributed by atoms with Crippen LogP contribution in [-0.2, 0) is 16.0 Å². The number of hydrogen-bond donors (Lipinski definition) is 2. The van der Waals surface area contributed by atoms with Crippen molar-refractivity contribution in [3.05, 3.63) is 90.1 Å². The number of halogens is 3. The van der Waals surface area contributed by atoms with Gasteiger partial charge in [0, 0.05) is 42.2 Å². The highest BCUT2D eigenvalue weighted by Crippen LogP contribution is 2.34. The monoisotopic (exact) mass is 643 g/mol. The van der Waals surface area contributed by atoms with Crippen LogP contribution in [0.3, 0.4) is 0 Å². The van der Waals surface area contributed by atoms with Gasteiger partial charge < -0.3 is 24.8 Å². The highest BCUT2D eigenvalue weighted by molar-refractivity contribution is 6.03. The maximum atomic E-state index is 13.3. The second-order valence-electron chi connectivity index (χ2n) is 9.41. The van der Waals surface area contributed by atoms with E-state index in [0.717, 1.165) is 37.0 Å². The van der Waals surface area contributed by atoms with Crippen LogP contribution in [0, 0.1) is 6.92 Å². The molecule has 2 aromatic carbocycles. The number of urea groups is 1. The molecule has 0 saturated carbocycles. The third-order valence-corrected chi connectivity index (χ3v) is 6.32. The molecule has 0 unspecified atom stereocenters. The molecular weight excluding hydrogens is 599 g/mol. The SMILES string of the molecule is C=C(/C=C\C(=C/CNC(=O)Nc1ccc(Oc2cc(C)nc(CN3CCOCC3)n2)c2ccccc12)C(F)(F)F)OC.CC.CC. The Bertz CT molecular complexity index is 1490. The summed E-state index contributed by atoms with van der Waals surface area (Å²) in [6.45, 7) is 16.5. The van der Waals surface area contributed by atoms with E-state index in [1.165, 1.54) is 7.11 Å². The van der Waals surface area contributed by atoms with Crippen LogP contribution >= 0.6 is 0 Å². The van der Waals surface area contributed by atoms with Crippen LogP contribution in [0.25, 0.3) is 10.8 Å². The van der Waals surface area contributed by atoms with Gasteiger partial charge >= 0.3 is 12.2 Å².